The zero-order valence-corrected chi connectivity index (χ0v) is 11.6. The van der Waals surface area contributed by atoms with Gasteiger partial charge < -0.3 is 20.7 Å². The molecular formula is C12H21N3O5. The van der Waals surface area contributed by atoms with Crippen molar-refractivity contribution in [3.8, 4) is 0 Å². The van der Waals surface area contributed by atoms with Crippen LogP contribution in [0.25, 0.3) is 0 Å². The number of rotatable bonds is 7. The molecule has 0 saturated heterocycles. The van der Waals surface area contributed by atoms with Crippen molar-refractivity contribution in [2.45, 2.75) is 31.1 Å². The number of aliphatic hydroxyl groups excluding tert-OH is 2. The highest BCUT2D eigenvalue weighted by Crippen LogP contribution is 2.26. The van der Waals surface area contributed by atoms with E-state index in [4.69, 9.17) is 10.5 Å². The van der Waals surface area contributed by atoms with Gasteiger partial charge in [-0.3, -0.25) is 14.3 Å². The zero-order valence-electron chi connectivity index (χ0n) is 11.6. The van der Waals surface area contributed by atoms with Crippen LogP contribution in [0.1, 0.15) is 19.4 Å². The summed E-state index contributed by atoms with van der Waals surface area (Å²) in [5.74, 6) is 0. The molecule has 0 saturated carbocycles. The Balaban J connectivity index is 3.14. The molecule has 0 amide bonds. The van der Waals surface area contributed by atoms with Crippen LogP contribution in [0, 0.1) is 0 Å². The topological polar surface area (TPSA) is 131 Å². The molecule has 1 unspecified atom stereocenters. The summed E-state index contributed by atoms with van der Waals surface area (Å²) in [5, 5.41) is 19.9. The molecule has 5 N–H and O–H groups in total. The molecule has 0 bridgehead atoms. The predicted octanol–water partition coefficient (Wildman–Crippen LogP) is -1.82. The molecule has 20 heavy (non-hydrogen) atoms. The summed E-state index contributed by atoms with van der Waals surface area (Å²) in [7, 11) is 1.36. The van der Waals surface area contributed by atoms with Crippen molar-refractivity contribution in [1.29, 1.82) is 0 Å². The first kappa shape index (κ1) is 16.6. The van der Waals surface area contributed by atoms with Gasteiger partial charge in [0.2, 0.25) is 0 Å². The molecule has 0 spiro atoms. The van der Waals surface area contributed by atoms with Gasteiger partial charge in [0.05, 0.1) is 12.6 Å². The second-order valence-electron chi connectivity index (χ2n) is 4.67. The molecule has 0 aliphatic heterocycles. The van der Waals surface area contributed by atoms with Crippen LogP contribution in [0.3, 0.4) is 0 Å². The molecule has 1 aromatic heterocycles. The molecule has 0 radical (unpaired) electrons. The molecular weight excluding hydrogens is 266 g/mol. The maximum Gasteiger partial charge on any atom is 0.328 e. The number of H-pyrrole nitrogens is 1. The highest BCUT2D eigenvalue weighted by atomic mass is 16.5. The van der Waals surface area contributed by atoms with Crippen molar-refractivity contribution in [2.24, 2.45) is 5.73 Å². The molecule has 1 heterocycles. The van der Waals surface area contributed by atoms with Gasteiger partial charge in [0.25, 0.3) is 5.56 Å². The fraction of sp³-hybridized carbons (Fsp3) is 0.667. The fourth-order valence-electron chi connectivity index (χ4n) is 2.19. The van der Waals surface area contributed by atoms with Gasteiger partial charge in [-0.2, -0.15) is 0 Å². The summed E-state index contributed by atoms with van der Waals surface area (Å²) < 4.78 is 6.40. The van der Waals surface area contributed by atoms with Crippen molar-refractivity contribution in [3.63, 3.8) is 0 Å². The molecule has 8 heteroatoms. The van der Waals surface area contributed by atoms with Gasteiger partial charge in [0.15, 0.2) is 0 Å². The van der Waals surface area contributed by atoms with E-state index < -0.39 is 35.6 Å². The maximum absolute atomic E-state index is 11.7. The lowest BCUT2D eigenvalue weighted by atomic mass is 9.89. The Morgan fingerprint density at radius 3 is 2.65 bits per heavy atom. The minimum atomic E-state index is -1.26. The van der Waals surface area contributed by atoms with E-state index in [-0.39, 0.29) is 13.0 Å². The Hall–Kier alpha value is -1.48. The summed E-state index contributed by atoms with van der Waals surface area (Å²) >= 11 is 0. The number of hydrogen-bond donors (Lipinski definition) is 4. The minimum absolute atomic E-state index is 0.207. The highest BCUT2D eigenvalue weighted by Gasteiger charge is 2.41. The first-order valence-electron chi connectivity index (χ1n) is 6.27. The van der Waals surface area contributed by atoms with E-state index in [0.717, 1.165) is 0 Å². The van der Waals surface area contributed by atoms with Crippen LogP contribution < -0.4 is 17.0 Å². The van der Waals surface area contributed by atoms with Crippen LogP contribution in [0.5, 0.6) is 0 Å². The first-order chi connectivity index (χ1) is 9.41. The van der Waals surface area contributed by atoms with Crippen molar-refractivity contribution in [1.82, 2.24) is 9.55 Å². The van der Waals surface area contributed by atoms with E-state index in [1.807, 2.05) is 0 Å². The van der Waals surface area contributed by atoms with Gasteiger partial charge in [-0.25, -0.2) is 4.79 Å². The third kappa shape index (κ3) is 3.15. The summed E-state index contributed by atoms with van der Waals surface area (Å²) in [4.78, 5) is 24.9. The van der Waals surface area contributed by atoms with E-state index in [2.05, 4.69) is 4.98 Å². The largest absolute Gasteiger partial charge is 0.393 e. The molecule has 0 fully saturated rings. The van der Waals surface area contributed by atoms with Gasteiger partial charge in [-0.15, -0.1) is 0 Å². The number of ether oxygens (including phenoxy) is 1. The van der Waals surface area contributed by atoms with Crippen LogP contribution in [-0.4, -0.2) is 51.7 Å². The van der Waals surface area contributed by atoms with Gasteiger partial charge >= 0.3 is 5.69 Å². The lowest BCUT2D eigenvalue weighted by Crippen LogP contribution is -2.53. The normalized spacial score (nSPS) is 17.4. The molecule has 8 nitrogen and oxygen atoms in total. The third-order valence-corrected chi connectivity index (χ3v) is 3.53. The Morgan fingerprint density at radius 1 is 1.55 bits per heavy atom. The molecule has 1 aromatic rings. The first-order valence-corrected chi connectivity index (χ1v) is 6.27. The summed E-state index contributed by atoms with van der Waals surface area (Å²) in [6.45, 7) is 1.35. The van der Waals surface area contributed by atoms with Crippen molar-refractivity contribution in [2.75, 3.05) is 20.3 Å². The summed E-state index contributed by atoms with van der Waals surface area (Å²) in [5.41, 5.74) is 3.06. The number of methoxy groups -OCH3 is 1. The maximum atomic E-state index is 11.7. The number of aromatic nitrogens is 2. The molecule has 0 aliphatic carbocycles. The quantitative estimate of drug-likeness (QED) is 0.467. The average molecular weight is 287 g/mol. The van der Waals surface area contributed by atoms with Crippen LogP contribution >= 0.6 is 0 Å². The van der Waals surface area contributed by atoms with Crippen LogP contribution in [0.15, 0.2) is 21.9 Å². The van der Waals surface area contributed by atoms with E-state index in [9.17, 15) is 19.8 Å². The van der Waals surface area contributed by atoms with Gasteiger partial charge in [0, 0.05) is 19.4 Å². The predicted molar refractivity (Wildman–Crippen MR) is 72.5 cm³/mol. The number of nitrogens with two attached hydrogens (primary N) is 1. The second kappa shape index (κ2) is 6.80. The number of hydrogen-bond acceptors (Lipinski definition) is 6. The van der Waals surface area contributed by atoms with Gasteiger partial charge in [-0.05, 0) is 19.9 Å². The van der Waals surface area contributed by atoms with Crippen LogP contribution in [0.4, 0.5) is 0 Å². The van der Waals surface area contributed by atoms with E-state index >= 15 is 0 Å². The molecule has 1 rings (SSSR count). The summed E-state index contributed by atoms with van der Waals surface area (Å²) in [6, 6.07) is 0.471. The summed E-state index contributed by atoms with van der Waals surface area (Å²) in [6.07, 6.45) is 0.337. The number of aliphatic hydroxyl groups is 2. The molecule has 0 aromatic carbocycles. The van der Waals surface area contributed by atoms with Crippen molar-refractivity contribution in [3.05, 3.63) is 33.1 Å². The highest BCUT2D eigenvalue weighted by molar-refractivity contribution is 4.95. The van der Waals surface area contributed by atoms with Gasteiger partial charge in [-0.1, -0.05) is 0 Å². The number of nitrogens with zero attached hydrogens (tertiary/aromatic N) is 1. The SMILES string of the molecule is CO[C@@](CO)(CCN)[C@@H](O)C(C)n1ccc(=O)[nH]c1=O. The molecule has 3 atom stereocenters. The number of nitrogens with one attached hydrogen (secondary N) is 1. The smallest absolute Gasteiger partial charge is 0.328 e. The fourth-order valence-corrected chi connectivity index (χ4v) is 2.19. The van der Waals surface area contributed by atoms with E-state index in [0.29, 0.717) is 0 Å². The zero-order chi connectivity index (χ0) is 15.3. The van der Waals surface area contributed by atoms with Crippen molar-refractivity contribution >= 4 is 0 Å². The molecule has 0 aliphatic rings. The second-order valence-corrected chi connectivity index (χ2v) is 4.67. The van der Waals surface area contributed by atoms with E-state index in [1.54, 1.807) is 6.92 Å². The lowest BCUT2D eigenvalue weighted by molar-refractivity contribution is -0.145. The van der Waals surface area contributed by atoms with Gasteiger partial charge in [0.1, 0.15) is 11.7 Å². The monoisotopic (exact) mass is 287 g/mol. The van der Waals surface area contributed by atoms with Crippen LogP contribution in [-0.2, 0) is 4.74 Å². The standard InChI is InChI=1S/C12H21N3O5/c1-8(15-6-3-9(17)14-11(15)19)10(18)12(7-16,20-2)4-5-13/h3,6,8,10,16,18H,4-5,7,13H2,1-2H3,(H,14,17,19)/t8?,10-,12+/m0/s1. The van der Waals surface area contributed by atoms with E-state index in [1.165, 1.54) is 23.9 Å². The average Bonchev–Trinajstić information content (AvgIpc) is 2.43. The number of aromatic amines is 1. The minimum Gasteiger partial charge on any atom is -0.393 e. The Labute approximate surface area is 115 Å². The van der Waals surface area contributed by atoms with Crippen LogP contribution in [0.2, 0.25) is 0 Å². The Morgan fingerprint density at radius 2 is 2.20 bits per heavy atom. The Kier molecular flexibility index (Phi) is 5.63. The lowest BCUT2D eigenvalue weighted by Gasteiger charge is -2.38. The Bertz CT molecular complexity index is 534. The van der Waals surface area contributed by atoms with Crippen molar-refractivity contribution < 1.29 is 14.9 Å². The molecule has 114 valence electrons. The third-order valence-electron chi connectivity index (χ3n) is 3.53.